The fraction of sp³-hybridized carbons (Fsp3) is 0.125. The van der Waals surface area contributed by atoms with Crippen molar-refractivity contribution in [3.05, 3.63) is 72.1 Å². The van der Waals surface area contributed by atoms with Crippen molar-refractivity contribution >= 4 is 5.69 Å². The number of para-hydroxylation sites is 2. The molecule has 0 saturated heterocycles. The van der Waals surface area contributed by atoms with Gasteiger partial charge in [0.05, 0.1) is 11.4 Å². The van der Waals surface area contributed by atoms with Crippen LogP contribution in [-0.2, 0) is 6.54 Å². The first-order chi connectivity index (χ1) is 10.2. The zero-order valence-corrected chi connectivity index (χ0v) is 11.6. The van der Waals surface area contributed by atoms with E-state index in [0.717, 1.165) is 16.9 Å². The molecule has 0 aliphatic heterocycles. The molecule has 0 unspecified atom stereocenters. The second-order valence-electron chi connectivity index (χ2n) is 4.79. The molecule has 0 aliphatic rings. The van der Waals surface area contributed by atoms with Gasteiger partial charge in [-0.3, -0.25) is 0 Å². The maximum atomic E-state index is 13.3. The third-order valence-corrected chi connectivity index (χ3v) is 3.27. The van der Waals surface area contributed by atoms with Crippen LogP contribution in [0.2, 0.25) is 0 Å². The van der Waals surface area contributed by atoms with Crippen LogP contribution in [0.5, 0.6) is 0 Å². The van der Waals surface area contributed by atoms with E-state index in [1.54, 1.807) is 24.0 Å². The summed E-state index contributed by atoms with van der Waals surface area (Å²) in [5, 5.41) is 7.50. The van der Waals surface area contributed by atoms with Gasteiger partial charge in [-0.25, -0.2) is 14.1 Å². The summed E-state index contributed by atoms with van der Waals surface area (Å²) in [4.78, 5) is 3.96. The van der Waals surface area contributed by atoms with Crippen LogP contribution >= 0.6 is 0 Å². The van der Waals surface area contributed by atoms with E-state index in [1.165, 1.54) is 12.4 Å². The van der Waals surface area contributed by atoms with Gasteiger partial charge in [0.25, 0.3) is 0 Å². The summed E-state index contributed by atoms with van der Waals surface area (Å²) in [6, 6.07) is 13.0. The van der Waals surface area contributed by atoms with Crippen LogP contribution in [0.4, 0.5) is 10.1 Å². The molecule has 0 radical (unpaired) electrons. The van der Waals surface area contributed by atoms with Gasteiger partial charge in [0, 0.05) is 6.54 Å². The van der Waals surface area contributed by atoms with Crippen molar-refractivity contribution in [3.63, 3.8) is 0 Å². The molecule has 3 aromatic rings. The summed E-state index contributed by atoms with van der Waals surface area (Å²) in [6.45, 7) is 2.38. The third kappa shape index (κ3) is 2.91. The Morgan fingerprint density at radius 2 is 2.05 bits per heavy atom. The van der Waals surface area contributed by atoms with Gasteiger partial charge in [-0.2, -0.15) is 5.10 Å². The van der Waals surface area contributed by atoms with Gasteiger partial charge in [0.15, 0.2) is 0 Å². The number of rotatable bonds is 4. The average Bonchev–Trinajstić information content (AvgIpc) is 3.03. The van der Waals surface area contributed by atoms with Crippen LogP contribution in [0.25, 0.3) is 5.69 Å². The lowest BCUT2D eigenvalue weighted by Crippen LogP contribution is -2.05. The Morgan fingerprint density at radius 3 is 2.81 bits per heavy atom. The van der Waals surface area contributed by atoms with Crippen molar-refractivity contribution in [2.24, 2.45) is 0 Å². The van der Waals surface area contributed by atoms with Gasteiger partial charge in [-0.1, -0.05) is 24.3 Å². The van der Waals surface area contributed by atoms with E-state index in [-0.39, 0.29) is 5.82 Å². The molecule has 5 heteroatoms. The molecule has 1 N–H and O–H groups in total. The summed E-state index contributed by atoms with van der Waals surface area (Å²) >= 11 is 0. The van der Waals surface area contributed by atoms with Gasteiger partial charge < -0.3 is 5.32 Å². The number of nitrogens with one attached hydrogen (secondary N) is 1. The van der Waals surface area contributed by atoms with Gasteiger partial charge in [-0.05, 0) is 36.2 Å². The summed E-state index contributed by atoms with van der Waals surface area (Å²) in [6.07, 6.45) is 3.16. The lowest BCUT2D eigenvalue weighted by molar-refractivity contribution is 0.617. The summed E-state index contributed by atoms with van der Waals surface area (Å²) in [5.74, 6) is -0.179. The molecule has 3 rings (SSSR count). The van der Waals surface area contributed by atoms with Crippen LogP contribution in [0.3, 0.4) is 0 Å². The van der Waals surface area contributed by atoms with Gasteiger partial charge >= 0.3 is 0 Å². The topological polar surface area (TPSA) is 42.7 Å². The fourth-order valence-electron chi connectivity index (χ4n) is 2.17. The van der Waals surface area contributed by atoms with E-state index in [4.69, 9.17) is 0 Å². The molecule has 0 atom stereocenters. The van der Waals surface area contributed by atoms with E-state index >= 15 is 0 Å². The Morgan fingerprint density at radius 1 is 1.19 bits per heavy atom. The highest BCUT2D eigenvalue weighted by Gasteiger charge is 2.05. The van der Waals surface area contributed by atoms with E-state index in [9.17, 15) is 4.39 Å². The molecule has 1 aromatic heterocycles. The molecule has 106 valence electrons. The number of hydrogen-bond donors (Lipinski definition) is 1. The number of hydrogen-bond acceptors (Lipinski definition) is 3. The van der Waals surface area contributed by atoms with E-state index < -0.39 is 0 Å². The van der Waals surface area contributed by atoms with Crippen LogP contribution in [0, 0.1) is 12.7 Å². The molecular formula is C16H15FN4. The monoisotopic (exact) mass is 282 g/mol. The first-order valence-corrected chi connectivity index (χ1v) is 6.67. The zero-order chi connectivity index (χ0) is 14.7. The molecule has 0 spiro atoms. The Kier molecular flexibility index (Phi) is 3.64. The number of halogens is 1. The van der Waals surface area contributed by atoms with Crippen molar-refractivity contribution in [1.82, 2.24) is 14.8 Å². The van der Waals surface area contributed by atoms with E-state index in [1.807, 2.05) is 30.3 Å². The molecule has 0 aliphatic carbocycles. The van der Waals surface area contributed by atoms with E-state index in [2.05, 4.69) is 15.4 Å². The lowest BCUT2D eigenvalue weighted by atomic mass is 10.1. The second kappa shape index (κ2) is 5.75. The smallest absolute Gasteiger partial charge is 0.138 e. The predicted molar refractivity (Wildman–Crippen MR) is 79.8 cm³/mol. The zero-order valence-electron chi connectivity index (χ0n) is 11.6. The average molecular weight is 282 g/mol. The normalized spacial score (nSPS) is 10.6. The van der Waals surface area contributed by atoms with Crippen LogP contribution in [0.1, 0.15) is 11.1 Å². The lowest BCUT2D eigenvalue weighted by Gasteiger charge is -2.12. The molecule has 0 saturated carbocycles. The number of anilines is 1. The van der Waals surface area contributed by atoms with Gasteiger partial charge in [-0.15, -0.1) is 0 Å². The Labute approximate surface area is 122 Å². The van der Waals surface area contributed by atoms with Crippen molar-refractivity contribution < 1.29 is 4.39 Å². The van der Waals surface area contributed by atoms with Gasteiger partial charge in [0.2, 0.25) is 0 Å². The number of benzene rings is 2. The molecule has 2 aromatic carbocycles. The quantitative estimate of drug-likeness (QED) is 0.798. The number of aromatic nitrogens is 3. The molecular weight excluding hydrogens is 267 g/mol. The molecule has 1 heterocycles. The Hall–Kier alpha value is -2.69. The maximum absolute atomic E-state index is 13.3. The molecule has 4 nitrogen and oxygen atoms in total. The van der Waals surface area contributed by atoms with Crippen molar-refractivity contribution in [3.8, 4) is 5.69 Å². The fourth-order valence-corrected chi connectivity index (χ4v) is 2.17. The second-order valence-corrected chi connectivity index (χ2v) is 4.79. The van der Waals surface area contributed by atoms with Crippen LogP contribution < -0.4 is 5.32 Å². The minimum absolute atomic E-state index is 0.179. The first-order valence-electron chi connectivity index (χ1n) is 6.67. The number of aryl methyl sites for hydroxylation is 1. The minimum Gasteiger partial charge on any atom is -0.379 e. The van der Waals surface area contributed by atoms with Crippen LogP contribution in [-0.4, -0.2) is 14.8 Å². The highest BCUT2D eigenvalue weighted by Crippen LogP contribution is 2.20. The van der Waals surface area contributed by atoms with Crippen LogP contribution in [0.15, 0.2) is 55.1 Å². The predicted octanol–water partition coefficient (Wildman–Crippen LogP) is 3.33. The first kappa shape index (κ1) is 13.3. The molecule has 0 fully saturated rings. The minimum atomic E-state index is -0.179. The van der Waals surface area contributed by atoms with Gasteiger partial charge in [0.1, 0.15) is 18.5 Å². The van der Waals surface area contributed by atoms with Crippen molar-refractivity contribution in [1.29, 1.82) is 0 Å². The highest BCUT2D eigenvalue weighted by atomic mass is 19.1. The maximum Gasteiger partial charge on any atom is 0.138 e. The summed E-state index contributed by atoms with van der Waals surface area (Å²) in [5.41, 5.74) is 3.56. The molecule has 0 bridgehead atoms. The largest absolute Gasteiger partial charge is 0.379 e. The highest BCUT2D eigenvalue weighted by molar-refractivity contribution is 5.60. The summed E-state index contributed by atoms with van der Waals surface area (Å²) < 4.78 is 15.0. The number of nitrogens with zero attached hydrogens (tertiary/aromatic N) is 3. The Balaban J connectivity index is 1.81. The third-order valence-electron chi connectivity index (χ3n) is 3.27. The Bertz CT molecular complexity index is 738. The van der Waals surface area contributed by atoms with E-state index in [0.29, 0.717) is 12.1 Å². The van der Waals surface area contributed by atoms with Crippen molar-refractivity contribution in [2.75, 3.05) is 5.32 Å². The standard InChI is InChI=1S/C16H15FN4/c1-12-8-13(6-7-14(12)17)9-19-15-4-2-3-5-16(15)21-11-18-10-20-21/h2-8,10-11,19H,9H2,1H3. The van der Waals surface area contributed by atoms with Crippen molar-refractivity contribution in [2.45, 2.75) is 13.5 Å². The summed E-state index contributed by atoms with van der Waals surface area (Å²) in [7, 11) is 0. The SMILES string of the molecule is Cc1cc(CNc2ccccc2-n2cncn2)ccc1F. The molecule has 21 heavy (non-hydrogen) atoms. The molecule has 0 amide bonds.